The minimum atomic E-state index is -0.157. The lowest BCUT2D eigenvalue weighted by atomic mass is 10.1. The van der Waals surface area contributed by atoms with E-state index in [0.717, 1.165) is 10.4 Å². The second-order valence-corrected chi connectivity index (χ2v) is 7.14. The number of carbonyl (C=O) groups excluding carboxylic acids is 3. The van der Waals surface area contributed by atoms with Gasteiger partial charge in [-0.05, 0) is 30.7 Å². The highest BCUT2D eigenvalue weighted by molar-refractivity contribution is 7.12. The van der Waals surface area contributed by atoms with Crippen molar-refractivity contribution in [3.8, 4) is 0 Å². The van der Waals surface area contributed by atoms with Gasteiger partial charge in [-0.1, -0.05) is 18.2 Å². The van der Waals surface area contributed by atoms with E-state index in [1.54, 1.807) is 17.4 Å². The van der Waals surface area contributed by atoms with Crippen LogP contribution in [0.3, 0.4) is 0 Å². The predicted octanol–water partition coefficient (Wildman–Crippen LogP) is 2.89. The molecule has 1 saturated heterocycles. The summed E-state index contributed by atoms with van der Waals surface area (Å²) in [6, 6.07) is 11.2. The number of carbonyl (C=O) groups is 3. The first-order valence-electron chi connectivity index (χ1n) is 7.79. The molecular weight excluding hydrogens is 324 g/mol. The van der Waals surface area contributed by atoms with Crippen LogP contribution in [0, 0.1) is 6.92 Å². The molecule has 1 N–H and O–H groups in total. The molecule has 2 aromatic rings. The van der Waals surface area contributed by atoms with Gasteiger partial charge >= 0.3 is 0 Å². The summed E-state index contributed by atoms with van der Waals surface area (Å²) < 4.78 is 0. The number of benzene rings is 1. The van der Waals surface area contributed by atoms with Crippen LogP contribution in [0.4, 0.5) is 5.69 Å². The van der Waals surface area contributed by atoms with Crippen molar-refractivity contribution < 1.29 is 14.4 Å². The van der Waals surface area contributed by atoms with Crippen molar-refractivity contribution in [2.45, 2.75) is 32.7 Å². The first-order valence-corrected chi connectivity index (χ1v) is 8.61. The lowest BCUT2D eigenvalue weighted by molar-refractivity contribution is -0.139. The Hall–Kier alpha value is -2.47. The van der Waals surface area contributed by atoms with Crippen LogP contribution in [0.5, 0.6) is 0 Å². The van der Waals surface area contributed by atoms with Gasteiger partial charge in [-0.2, -0.15) is 0 Å². The molecule has 1 aliphatic rings. The molecule has 124 valence electrons. The average molecular weight is 342 g/mol. The highest BCUT2D eigenvalue weighted by atomic mass is 32.1. The van der Waals surface area contributed by atoms with Gasteiger partial charge < -0.3 is 5.32 Å². The number of amides is 3. The van der Waals surface area contributed by atoms with E-state index in [0.29, 0.717) is 12.1 Å². The Balaban J connectivity index is 1.70. The number of hydrogen-bond acceptors (Lipinski definition) is 4. The number of imide groups is 1. The highest BCUT2D eigenvalue weighted by Crippen LogP contribution is 2.22. The van der Waals surface area contributed by atoms with Gasteiger partial charge in [0.05, 0.1) is 13.0 Å². The zero-order chi connectivity index (χ0) is 17.1. The second kappa shape index (κ2) is 6.97. The number of likely N-dealkylation sites (tertiary alicyclic amines) is 1. The molecule has 5 nitrogen and oxygen atoms in total. The molecule has 6 heteroatoms. The summed E-state index contributed by atoms with van der Waals surface area (Å²) in [5.41, 5.74) is 1.40. The van der Waals surface area contributed by atoms with E-state index in [4.69, 9.17) is 0 Å². The summed E-state index contributed by atoms with van der Waals surface area (Å²) in [4.78, 5) is 39.3. The fraction of sp³-hybridized carbons (Fsp3) is 0.278. The minimum Gasteiger partial charge on any atom is -0.325 e. The quantitative estimate of drug-likeness (QED) is 0.850. The number of hydrogen-bond donors (Lipinski definition) is 1. The molecule has 1 aliphatic heterocycles. The first-order chi connectivity index (χ1) is 11.5. The van der Waals surface area contributed by atoms with E-state index in [9.17, 15) is 14.4 Å². The third-order valence-electron chi connectivity index (χ3n) is 3.91. The molecule has 24 heavy (non-hydrogen) atoms. The minimum absolute atomic E-state index is 0.108. The van der Waals surface area contributed by atoms with Crippen LogP contribution in [0.15, 0.2) is 36.4 Å². The molecule has 3 rings (SSSR count). The molecule has 0 unspecified atom stereocenters. The number of thiophene rings is 1. The van der Waals surface area contributed by atoms with E-state index in [1.165, 1.54) is 9.78 Å². The molecule has 0 saturated carbocycles. The zero-order valence-corrected chi connectivity index (χ0v) is 14.2. The lowest BCUT2D eigenvalue weighted by Gasteiger charge is -2.17. The van der Waals surface area contributed by atoms with Gasteiger partial charge in [0, 0.05) is 28.3 Å². The van der Waals surface area contributed by atoms with Crippen molar-refractivity contribution in [2.24, 2.45) is 0 Å². The summed E-state index contributed by atoms with van der Waals surface area (Å²) >= 11 is 1.60. The normalized spacial score (nSPS) is 14.3. The highest BCUT2D eigenvalue weighted by Gasteiger charge is 2.29. The van der Waals surface area contributed by atoms with Crippen molar-refractivity contribution in [1.29, 1.82) is 0 Å². The molecular formula is C18H18N2O3S. The Bertz CT molecular complexity index is 781. The van der Waals surface area contributed by atoms with E-state index >= 15 is 0 Å². The van der Waals surface area contributed by atoms with Crippen LogP contribution in [-0.2, 0) is 27.3 Å². The molecule has 1 aromatic carbocycles. The van der Waals surface area contributed by atoms with Crippen molar-refractivity contribution in [3.05, 3.63) is 51.7 Å². The standard InChI is InChI=1S/C18H18N2O3S/c1-12-6-7-14(24-12)10-16(21)19-15-5-3-2-4-13(15)11-20-17(22)8-9-18(20)23/h2-7H,8-11H2,1H3,(H,19,21). The third-order valence-corrected chi connectivity index (χ3v) is 4.91. The zero-order valence-electron chi connectivity index (χ0n) is 13.4. The summed E-state index contributed by atoms with van der Waals surface area (Å²) in [7, 11) is 0. The largest absolute Gasteiger partial charge is 0.325 e. The Kier molecular flexibility index (Phi) is 4.76. The van der Waals surface area contributed by atoms with Crippen LogP contribution >= 0.6 is 11.3 Å². The number of nitrogens with zero attached hydrogens (tertiary/aromatic N) is 1. The van der Waals surface area contributed by atoms with E-state index in [-0.39, 0.29) is 37.1 Å². The Labute approximate surface area is 144 Å². The molecule has 3 amide bonds. The fourth-order valence-corrected chi connectivity index (χ4v) is 3.57. The first kappa shape index (κ1) is 16.4. The predicted molar refractivity (Wildman–Crippen MR) is 92.6 cm³/mol. The summed E-state index contributed by atoms with van der Waals surface area (Å²) in [6.45, 7) is 2.21. The molecule has 0 bridgehead atoms. The number of anilines is 1. The van der Waals surface area contributed by atoms with Crippen molar-refractivity contribution in [3.63, 3.8) is 0 Å². The van der Waals surface area contributed by atoms with E-state index < -0.39 is 0 Å². The Morgan fingerprint density at radius 3 is 2.50 bits per heavy atom. The van der Waals surface area contributed by atoms with Crippen LogP contribution < -0.4 is 5.32 Å². The summed E-state index contributed by atoms with van der Waals surface area (Å²) in [5.74, 6) is -0.422. The van der Waals surface area contributed by atoms with Crippen LogP contribution in [0.1, 0.15) is 28.2 Å². The van der Waals surface area contributed by atoms with Crippen molar-refractivity contribution >= 4 is 34.7 Å². The van der Waals surface area contributed by atoms with Gasteiger partial charge in [-0.3, -0.25) is 19.3 Å². The topological polar surface area (TPSA) is 66.5 Å². The Morgan fingerprint density at radius 1 is 1.12 bits per heavy atom. The van der Waals surface area contributed by atoms with Crippen molar-refractivity contribution in [2.75, 3.05) is 5.32 Å². The van der Waals surface area contributed by atoms with Crippen LogP contribution in [-0.4, -0.2) is 22.6 Å². The van der Waals surface area contributed by atoms with Crippen LogP contribution in [0.25, 0.3) is 0 Å². The number of para-hydroxylation sites is 1. The van der Waals surface area contributed by atoms with E-state index in [2.05, 4.69) is 5.32 Å². The maximum Gasteiger partial charge on any atom is 0.229 e. The SMILES string of the molecule is Cc1ccc(CC(=O)Nc2ccccc2CN2C(=O)CCC2=O)s1. The maximum absolute atomic E-state index is 12.3. The lowest BCUT2D eigenvalue weighted by Crippen LogP contribution is -2.29. The number of aryl methyl sites for hydroxylation is 1. The van der Waals surface area contributed by atoms with Gasteiger partial charge in [-0.25, -0.2) is 0 Å². The van der Waals surface area contributed by atoms with Gasteiger partial charge in [0.25, 0.3) is 0 Å². The van der Waals surface area contributed by atoms with Gasteiger partial charge in [0.1, 0.15) is 0 Å². The van der Waals surface area contributed by atoms with Gasteiger partial charge in [0.2, 0.25) is 17.7 Å². The van der Waals surface area contributed by atoms with E-state index in [1.807, 2.05) is 37.3 Å². The third kappa shape index (κ3) is 3.71. The summed E-state index contributed by atoms with van der Waals surface area (Å²) in [6.07, 6.45) is 0.852. The smallest absolute Gasteiger partial charge is 0.229 e. The molecule has 0 aliphatic carbocycles. The van der Waals surface area contributed by atoms with Crippen LogP contribution in [0.2, 0.25) is 0 Å². The van der Waals surface area contributed by atoms with Crippen molar-refractivity contribution in [1.82, 2.24) is 4.90 Å². The summed E-state index contributed by atoms with van der Waals surface area (Å²) in [5, 5.41) is 2.89. The molecule has 1 aromatic heterocycles. The van der Waals surface area contributed by atoms with Gasteiger partial charge in [0.15, 0.2) is 0 Å². The second-order valence-electron chi connectivity index (χ2n) is 5.77. The maximum atomic E-state index is 12.3. The Morgan fingerprint density at radius 2 is 1.83 bits per heavy atom. The van der Waals surface area contributed by atoms with Gasteiger partial charge in [-0.15, -0.1) is 11.3 Å². The molecule has 0 radical (unpaired) electrons. The molecule has 2 heterocycles. The fourth-order valence-electron chi connectivity index (χ4n) is 2.68. The number of rotatable bonds is 5. The average Bonchev–Trinajstić information content (AvgIpc) is 3.09. The number of nitrogens with one attached hydrogen (secondary N) is 1. The molecule has 0 atom stereocenters. The molecule has 0 spiro atoms. The molecule has 1 fully saturated rings. The monoisotopic (exact) mass is 342 g/mol.